The number of carbonyl (C=O) groups is 1. The molecule has 1 aliphatic carbocycles. The fourth-order valence-electron chi connectivity index (χ4n) is 3.04. The molecule has 2 rings (SSSR count). The van der Waals surface area contributed by atoms with E-state index in [1.54, 1.807) is 25.1 Å². The number of hydrogen-bond donors (Lipinski definition) is 2. The number of carboxylic acids is 1. The molecule has 1 aliphatic rings. The van der Waals surface area contributed by atoms with Crippen molar-refractivity contribution >= 4 is 11.7 Å². The van der Waals surface area contributed by atoms with E-state index in [9.17, 15) is 14.9 Å². The van der Waals surface area contributed by atoms with Gasteiger partial charge in [0.2, 0.25) is 0 Å². The molecule has 0 aromatic heterocycles. The predicted octanol–water partition coefficient (Wildman–Crippen LogP) is 2.37. The van der Waals surface area contributed by atoms with E-state index >= 15 is 0 Å². The van der Waals surface area contributed by atoms with Crippen LogP contribution >= 0.6 is 0 Å². The topological polar surface area (TPSA) is 92.5 Å². The first-order valence-corrected chi connectivity index (χ1v) is 7.20. The van der Waals surface area contributed by atoms with Crippen LogP contribution in [0.25, 0.3) is 0 Å². The second kappa shape index (κ2) is 6.67. The van der Waals surface area contributed by atoms with Crippen molar-refractivity contribution in [1.29, 1.82) is 0 Å². The van der Waals surface area contributed by atoms with Gasteiger partial charge in [0.05, 0.1) is 4.92 Å². The maximum absolute atomic E-state index is 11.1. The molecule has 21 heavy (non-hydrogen) atoms. The highest BCUT2D eigenvalue weighted by atomic mass is 16.6. The van der Waals surface area contributed by atoms with Crippen LogP contribution in [0.2, 0.25) is 0 Å². The number of rotatable bonds is 6. The van der Waals surface area contributed by atoms with Crippen LogP contribution < -0.4 is 5.32 Å². The molecular weight excluding hydrogens is 272 g/mol. The summed E-state index contributed by atoms with van der Waals surface area (Å²) in [6.45, 7) is 1.63. The molecule has 6 nitrogen and oxygen atoms in total. The fraction of sp³-hybridized carbons (Fsp3) is 0.533. The lowest BCUT2D eigenvalue weighted by Crippen LogP contribution is -2.43. The summed E-state index contributed by atoms with van der Waals surface area (Å²) in [5.41, 5.74) is 0.874. The minimum atomic E-state index is -0.869. The van der Waals surface area contributed by atoms with Crippen LogP contribution in [0.1, 0.15) is 31.7 Å². The van der Waals surface area contributed by atoms with Crippen LogP contribution in [-0.4, -0.2) is 28.1 Å². The highest BCUT2D eigenvalue weighted by Gasteiger charge is 2.31. The standard InChI is InChI=1S/C15H20N2O4/c1-10(15(18)19)16-13-7-4-6-11(13)9-12-5-2-3-8-14(12)17(20)21/h2-3,5,8,10-11,13,16H,4,6-7,9H2,1H3,(H,18,19)/t10-,11?,13?/m0/s1. The third-order valence-corrected chi connectivity index (χ3v) is 4.16. The lowest BCUT2D eigenvalue weighted by atomic mass is 9.93. The lowest BCUT2D eigenvalue weighted by molar-refractivity contribution is -0.385. The summed E-state index contributed by atoms with van der Waals surface area (Å²) < 4.78 is 0. The van der Waals surface area contributed by atoms with Gasteiger partial charge in [-0.2, -0.15) is 0 Å². The third-order valence-electron chi connectivity index (χ3n) is 4.16. The molecule has 2 unspecified atom stereocenters. The Bertz CT molecular complexity index is 532. The van der Waals surface area contributed by atoms with E-state index in [0.29, 0.717) is 6.42 Å². The second-order valence-corrected chi connectivity index (χ2v) is 5.61. The molecule has 0 spiro atoms. The Morgan fingerprint density at radius 1 is 1.48 bits per heavy atom. The normalized spacial score (nSPS) is 22.9. The van der Waals surface area contributed by atoms with Gasteiger partial charge in [-0.05, 0) is 32.1 Å². The van der Waals surface area contributed by atoms with Gasteiger partial charge in [0.15, 0.2) is 0 Å². The smallest absolute Gasteiger partial charge is 0.320 e. The Morgan fingerprint density at radius 3 is 2.86 bits per heavy atom. The summed E-state index contributed by atoms with van der Waals surface area (Å²) in [6, 6.07) is 6.29. The molecule has 114 valence electrons. The van der Waals surface area contributed by atoms with Crippen molar-refractivity contribution in [2.45, 2.75) is 44.7 Å². The van der Waals surface area contributed by atoms with Crippen LogP contribution in [0, 0.1) is 16.0 Å². The van der Waals surface area contributed by atoms with E-state index < -0.39 is 12.0 Å². The van der Waals surface area contributed by atoms with Gasteiger partial charge < -0.3 is 10.4 Å². The van der Waals surface area contributed by atoms with Gasteiger partial charge in [-0.15, -0.1) is 0 Å². The Labute approximate surface area is 123 Å². The van der Waals surface area contributed by atoms with Gasteiger partial charge in [0, 0.05) is 17.7 Å². The Balaban J connectivity index is 2.08. The Kier molecular flexibility index (Phi) is 4.90. The number of nitrogens with zero attached hydrogens (tertiary/aromatic N) is 1. The summed E-state index contributed by atoms with van der Waals surface area (Å²) >= 11 is 0. The van der Waals surface area contributed by atoms with Gasteiger partial charge in [-0.25, -0.2) is 0 Å². The minimum Gasteiger partial charge on any atom is -0.480 e. The summed E-state index contributed by atoms with van der Waals surface area (Å²) in [6.07, 6.45) is 3.52. The molecule has 1 aromatic rings. The molecule has 0 heterocycles. The quantitative estimate of drug-likeness (QED) is 0.620. The third kappa shape index (κ3) is 3.78. The summed E-state index contributed by atoms with van der Waals surface area (Å²) in [7, 11) is 0. The number of hydrogen-bond acceptors (Lipinski definition) is 4. The lowest BCUT2D eigenvalue weighted by Gasteiger charge is -2.23. The van der Waals surface area contributed by atoms with Crippen LogP contribution in [0.3, 0.4) is 0 Å². The van der Waals surface area contributed by atoms with Crippen molar-refractivity contribution in [3.8, 4) is 0 Å². The monoisotopic (exact) mass is 292 g/mol. The van der Waals surface area contributed by atoms with E-state index in [0.717, 1.165) is 24.8 Å². The summed E-state index contributed by atoms with van der Waals surface area (Å²) in [5.74, 6) is -0.626. The van der Waals surface area contributed by atoms with Gasteiger partial charge >= 0.3 is 5.97 Å². The first-order chi connectivity index (χ1) is 9.99. The first kappa shape index (κ1) is 15.4. The summed E-state index contributed by atoms with van der Waals surface area (Å²) in [4.78, 5) is 21.6. The van der Waals surface area contributed by atoms with Crippen molar-refractivity contribution in [2.24, 2.45) is 5.92 Å². The zero-order valence-electron chi connectivity index (χ0n) is 12.0. The summed E-state index contributed by atoms with van der Waals surface area (Å²) in [5, 5.41) is 23.2. The van der Waals surface area contributed by atoms with Crippen molar-refractivity contribution in [2.75, 3.05) is 0 Å². The fourth-order valence-corrected chi connectivity index (χ4v) is 3.04. The number of nitro benzene ring substituents is 1. The number of para-hydroxylation sites is 1. The zero-order valence-corrected chi connectivity index (χ0v) is 12.0. The predicted molar refractivity (Wildman–Crippen MR) is 78.2 cm³/mol. The van der Waals surface area contributed by atoms with Crippen molar-refractivity contribution < 1.29 is 14.8 Å². The van der Waals surface area contributed by atoms with Crippen LogP contribution in [0.5, 0.6) is 0 Å². The van der Waals surface area contributed by atoms with Gasteiger partial charge in [-0.1, -0.05) is 24.6 Å². The molecule has 3 atom stereocenters. The maximum atomic E-state index is 11.1. The molecule has 0 bridgehead atoms. The number of carboxylic acid groups (broad SMARTS) is 1. The Morgan fingerprint density at radius 2 is 2.19 bits per heavy atom. The first-order valence-electron chi connectivity index (χ1n) is 7.20. The molecule has 2 N–H and O–H groups in total. The molecule has 6 heteroatoms. The van der Waals surface area contributed by atoms with E-state index in [2.05, 4.69) is 5.32 Å². The SMILES string of the molecule is C[C@H](NC1CCCC1Cc1ccccc1[N+](=O)[O-])C(=O)O. The maximum Gasteiger partial charge on any atom is 0.320 e. The van der Waals surface area contributed by atoms with Crippen molar-refractivity contribution in [3.63, 3.8) is 0 Å². The van der Waals surface area contributed by atoms with Crippen LogP contribution in [-0.2, 0) is 11.2 Å². The van der Waals surface area contributed by atoms with E-state index in [1.807, 2.05) is 0 Å². The molecule has 0 aliphatic heterocycles. The Hall–Kier alpha value is -1.95. The molecule has 1 aromatic carbocycles. The molecule has 1 saturated carbocycles. The number of nitro groups is 1. The highest BCUT2D eigenvalue weighted by Crippen LogP contribution is 2.31. The number of aliphatic carboxylic acids is 1. The molecule has 0 radical (unpaired) electrons. The van der Waals surface area contributed by atoms with Crippen molar-refractivity contribution in [3.05, 3.63) is 39.9 Å². The average molecular weight is 292 g/mol. The van der Waals surface area contributed by atoms with E-state index in [4.69, 9.17) is 5.11 Å². The van der Waals surface area contributed by atoms with Gasteiger partial charge in [-0.3, -0.25) is 14.9 Å². The van der Waals surface area contributed by atoms with Crippen LogP contribution in [0.4, 0.5) is 5.69 Å². The molecular formula is C15H20N2O4. The highest BCUT2D eigenvalue weighted by molar-refractivity contribution is 5.72. The van der Waals surface area contributed by atoms with Crippen molar-refractivity contribution in [1.82, 2.24) is 5.32 Å². The largest absolute Gasteiger partial charge is 0.480 e. The molecule has 1 fully saturated rings. The molecule has 0 amide bonds. The average Bonchev–Trinajstić information content (AvgIpc) is 2.86. The van der Waals surface area contributed by atoms with Gasteiger partial charge in [0.1, 0.15) is 6.04 Å². The second-order valence-electron chi connectivity index (χ2n) is 5.61. The van der Waals surface area contributed by atoms with Crippen LogP contribution in [0.15, 0.2) is 24.3 Å². The minimum absolute atomic E-state index is 0.107. The molecule has 0 saturated heterocycles. The van der Waals surface area contributed by atoms with E-state index in [1.165, 1.54) is 6.07 Å². The zero-order chi connectivity index (χ0) is 15.4. The number of nitrogens with one attached hydrogen (secondary N) is 1. The van der Waals surface area contributed by atoms with Gasteiger partial charge in [0.25, 0.3) is 5.69 Å². The van der Waals surface area contributed by atoms with E-state index in [-0.39, 0.29) is 22.6 Å². The number of benzene rings is 1.